The third-order valence-electron chi connectivity index (χ3n) is 1.67. The van der Waals surface area contributed by atoms with E-state index < -0.39 is 0 Å². The van der Waals surface area contributed by atoms with Gasteiger partial charge in [-0.15, -0.1) is 6.58 Å². The first-order valence-corrected chi connectivity index (χ1v) is 4.99. The van der Waals surface area contributed by atoms with Gasteiger partial charge < -0.3 is 5.73 Å². The van der Waals surface area contributed by atoms with Crippen LogP contribution < -0.4 is 5.73 Å². The Kier molecular flexibility index (Phi) is 3.90. The molecule has 0 saturated carbocycles. The first-order chi connectivity index (χ1) is 6.15. The Labute approximate surface area is 90.9 Å². The molecule has 0 aromatic carbocycles. The number of pyridine rings is 1. The standard InChI is InChI=1S/C9H10BrClN2/c1-2-3-8(12)6-4-9(11)13-5-7(6)10/h2,4-5,8H,1,3,12H2. The van der Waals surface area contributed by atoms with Crippen molar-refractivity contribution in [2.24, 2.45) is 5.73 Å². The predicted octanol–water partition coefficient (Wildman–Crippen LogP) is 3.07. The van der Waals surface area contributed by atoms with Gasteiger partial charge in [-0.1, -0.05) is 17.7 Å². The van der Waals surface area contributed by atoms with Crippen LogP contribution in [0.15, 0.2) is 29.4 Å². The van der Waals surface area contributed by atoms with Crippen LogP contribution >= 0.6 is 27.5 Å². The molecule has 1 aromatic rings. The van der Waals surface area contributed by atoms with E-state index in [2.05, 4.69) is 27.5 Å². The summed E-state index contributed by atoms with van der Waals surface area (Å²) in [5, 5.41) is 0.456. The molecule has 70 valence electrons. The molecular weight excluding hydrogens is 251 g/mol. The highest BCUT2D eigenvalue weighted by Crippen LogP contribution is 2.25. The van der Waals surface area contributed by atoms with Crippen LogP contribution in [0.1, 0.15) is 18.0 Å². The summed E-state index contributed by atoms with van der Waals surface area (Å²) in [5.74, 6) is 0. The molecule has 13 heavy (non-hydrogen) atoms. The number of nitrogens with two attached hydrogens (primary N) is 1. The Hall–Kier alpha value is -0.380. The van der Waals surface area contributed by atoms with E-state index in [0.29, 0.717) is 5.15 Å². The van der Waals surface area contributed by atoms with E-state index in [0.717, 1.165) is 16.5 Å². The van der Waals surface area contributed by atoms with Crippen molar-refractivity contribution in [1.82, 2.24) is 4.98 Å². The lowest BCUT2D eigenvalue weighted by Gasteiger charge is -2.11. The Morgan fingerprint density at radius 3 is 3.08 bits per heavy atom. The minimum atomic E-state index is -0.0765. The Balaban J connectivity index is 2.97. The summed E-state index contributed by atoms with van der Waals surface area (Å²) in [6.07, 6.45) is 4.16. The highest BCUT2D eigenvalue weighted by Gasteiger charge is 2.09. The maximum absolute atomic E-state index is 5.89. The summed E-state index contributed by atoms with van der Waals surface area (Å²) in [7, 11) is 0. The van der Waals surface area contributed by atoms with Gasteiger partial charge in [0.05, 0.1) is 0 Å². The van der Waals surface area contributed by atoms with Crippen molar-refractivity contribution >= 4 is 27.5 Å². The summed E-state index contributed by atoms with van der Waals surface area (Å²) >= 11 is 9.11. The topological polar surface area (TPSA) is 38.9 Å². The maximum Gasteiger partial charge on any atom is 0.129 e. The zero-order valence-electron chi connectivity index (χ0n) is 7.00. The lowest BCUT2D eigenvalue weighted by atomic mass is 10.1. The Bertz CT molecular complexity index is 314. The molecule has 0 aliphatic rings. The summed E-state index contributed by atoms with van der Waals surface area (Å²) in [4.78, 5) is 3.92. The molecule has 1 atom stereocenters. The maximum atomic E-state index is 5.89. The van der Waals surface area contributed by atoms with Crippen molar-refractivity contribution in [1.29, 1.82) is 0 Å². The van der Waals surface area contributed by atoms with Gasteiger partial charge in [0, 0.05) is 16.7 Å². The van der Waals surface area contributed by atoms with Gasteiger partial charge >= 0.3 is 0 Å². The molecule has 0 spiro atoms. The summed E-state index contributed by atoms with van der Waals surface area (Å²) in [5.41, 5.74) is 6.85. The molecule has 0 fully saturated rings. The number of rotatable bonds is 3. The van der Waals surface area contributed by atoms with Crippen LogP contribution in [0.4, 0.5) is 0 Å². The van der Waals surface area contributed by atoms with Crippen LogP contribution in [0.5, 0.6) is 0 Å². The Morgan fingerprint density at radius 1 is 1.77 bits per heavy atom. The van der Waals surface area contributed by atoms with Gasteiger partial charge in [-0.25, -0.2) is 4.98 Å². The molecule has 2 N–H and O–H groups in total. The molecule has 0 aliphatic heterocycles. The van der Waals surface area contributed by atoms with Gasteiger partial charge in [-0.2, -0.15) is 0 Å². The number of hydrogen-bond acceptors (Lipinski definition) is 2. The molecule has 2 nitrogen and oxygen atoms in total. The lowest BCUT2D eigenvalue weighted by Crippen LogP contribution is -2.09. The molecular formula is C9H10BrClN2. The zero-order valence-corrected chi connectivity index (χ0v) is 9.35. The van der Waals surface area contributed by atoms with E-state index in [1.54, 1.807) is 18.3 Å². The summed E-state index contributed by atoms with van der Waals surface area (Å²) in [6, 6.07) is 1.69. The van der Waals surface area contributed by atoms with Crippen LogP contribution in [0, 0.1) is 0 Å². The molecule has 0 radical (unpaired) electrons. The van der Waals surface area contributed by atoms with Gasteiger partial charge in [0.25, 0.3) is 0 Å². The second kappa shape index (κ2) is 4.74. The van der Waals surface area contributed by atoms with Gasteiger partial charge in [0.2, 0.25) is 0 Å². The van der Waals surface area contributed by atoms with E-state index >= 15 is 0 Å². The smallest absolute Gasteiger partial charge is 0.129 e. The lowest BCUT2D eigenvalue weighted by molar-refractivity contribution is 0.736. The van der Waals surface area contributed by atoms with Crippen molar-refractivity contribution in [2.75, 3.05) is 0 Å². The Morgan fingerprint density at radius 2 is 2.46 bits per heavy atom. The number of nitrogens with zero attached hydrogens (tertiary/aromatic N) is 1. The summed E-state index contributed by atoms with van der Waals surface area (Å²) in [6.45, 7) is 3.63. The molecule has 1 rings (SSSR count). The van der Waals surface area contributed by atoms with Crippen molar-refractivity contribution in [3.8, 4) is 0 Å². The molecule has 1 unspecified atom stereocenters. The average molecular weight is 262 g/mol. The van der Waals surface area contributed by atoms with E-state index in [4.69, 9.17) is 17.3 Å². The van der Waals surface area contributed by atoms with Crippen molar-refractivity contribution < 1.29 is 0 Å². The fourth-order valence-corrected chi connectivity index (χ4v) is 1.70. The van der Waals surface area contributed by atoms with E-state index in [1.807, 2.05) is 0 Å². The van der Waals surface area contributed by atoms with Crippen molar-refractivity contribution in [3.63, 3.8) is 0 Å². The van der Waals surface area contributed by atoms with E-state index in [1.165, 1.54) is 0 Å². The minimum Gasteiger partial charge on any atom is -0.324 e. The molecule has 0 saturated heterocycles. The molecule has 1 heterocycles. The highest BCUT2D eigenvalue weighted by atomic mass is 79.9. The minimum absolute atomic E-state index is 0.0765. The second-order valence-electron chi connectivity index (χ2n) is 2.66. The normalized spacial score (nSPS) is 12.5. The molecule has 1 aromatic heterocycles. The fraction of sp³-hybridized carbons (Fsp3) is 0.222. The SMILES string of the molecule is C=CCC(N)c1cc(Cl)ncc1Br. The average Bonchev–Trinajstić information content (AvgIpc) is 2.09. The predicted molar refractivity (Wildman–Crippen MR) is 58.7 cm³/mol. The van der Waals surface area contributed by atoms with Crippen LogP contribution in [0.25, 0.3) is 0 Å². The monoisotopic (exact) mass is 260 g/mol. The number of halogens is 2. The molecule has 0 amide bonds. The van der Waals surface area contributed by atoms with Crippen LogP contribution in [-0.4, -0.2) is 4.98 Å². The van der Waals surface area contributed by atoms with Gasteiger partial charge in [0.15, 0.2) is 0 Å². The largest absolute Gasteiger partial charge is 0.324 e. The molecule has 0 bridgehead atoms. The quantitative estimate of drug-likeness (QED) is 0.671. The first kappa shape index (κ1) is 10.7. The number of hydrogen-bond donors (Lipinski definition) is 1. The van der Waals surface area contributed by atoms with E-state index in [9.17, 15) is 0 Å². The summed E-state index contributed by atoms with van der Waals surface area (Å²) < 4.78 is 0.881. The first-order valence-electron chi connectivity index (χ1n) is 3.82. The van der Waals surface area contributed by atoms with Gasteiger partial charge in [-0.05, 0) is 34.0 Å². The number of aromatic nitrogens is 1. The zero-order chi connectivity index (χ0) is 9.84. The van der Waals surface area contributed by atoms with Gasteiger partial charge in [0.1, 0.15) is 5.15 Å². The van der Waals surface area contributed by atoms with Crippen molar-refractivity contribution in [3.05, 3.63) is 40.1 Å². The van der Waals surface area contributed by atoms with E-state index in [-0.39, 0.29) is 6.04 Å². The van der Waals surface area contributed by atoms with Crippen LogP contribution in [0.2, 0.25) is 5.15 Å². The van der Waals surface area contributed by atoms with Crippen LogP contribution in [-0.2, 0) is 0 Å². The highest BCUT2D eigenvalue weighted by molar-refractivity contribution is 9.10. The van der Waals surface area contributed by atoms with Crippen LogP contribution in [0.3, 0.4) is 0 Å². The molecule has 4 heteroatoms. The third-order valence-corrected chi connectivity index (χ3v) is 2.54. The second-order valence-corrected chi connectivity index (χ2v) is 3.90. The molecule has 0 aliphatic carbocycles. The third kappa shape index (κ3) is 2.79. The van der Waals surface area contributed by atoms with Crippen molar-refractivity contribution in [2.45, 2.75) is 12.5 Å². The van der Waals surface area contributed by atoms with Gasteiger partial charge in [-0.3, -0.25) is 0 Å². The fourth-order valence-electron chi connectivity index (χ4n) is 1.02.